The minimum absolute atomic E-state index is 0.0586. The quantitative estimate of drug-likeness (QED) is 0.747. The van der Waals surface area contributed by atoms with E-state index in [2.05, 4.69) is 0 Å². The van der Waals surface area contributed by atoms with Crippen LogP contribution in [0.2, 0.25) is 0 Å². The Bertz CT molecular complexity index is 893. The molecule has 0 aliphatic carbocycles. The van der Waals surface area contributed by atoms with E-state index in [4.69, 9.17) is 15.3 Å². The molecule has 0 N–H and O–H groups in total. The highest BCUT2D eigenvalue weighted by atomic mass is 16.5. The summed E-state index contributed by atoms with van der Waals surface area (Å²) in [6, 6.07) is 23.3. The molecule has 3 nitrogen and oxygen atoms in total. The van der Waals surface area contributed by atoms with Gasteiger partial charge >= 0.3 is 0 Å². The van der Waals surface area contributed by atoms with Gasteiger partial charge in [0.05, 0.1) is 0 Å². The van der Waals surface area contributed by atoms with Crippen molar-refractivity contribution in [1.29, 1.82) is 10.5 Å². The van der Waals surface area contributed by atoms with Gasteiger partial charge < -0.3 is 4.74 Å². The molecule has 0 aromatic heterocycles. The highest BCUT2D eigenvalue weighted by Crippen LogP contribution is 2.31. The molecule has 0 fully saturated rings. The Morgan fingerprint density at radius 3 is 1.68 bits per heavy atom. The van der Waals surface area contributed by atoms with Gasteiger partial charge in [-0.15, -0.1) is 0 Å². The fourth-order valence-electron chi connectivity index (χ4n) is 2.39. The lowest BCUT2D eigenvalue weighted by Gasteiger charge is -2.18. The molecule has 0 saturated carbocycles. The average Bonchev–Trinajstić information content (AvgIpc) is 2.70. The van der Waals surface area contributed by atoms with Crippen LogP contribution in [0.4, 0.5) is 0 Å². The van der Waals surface area contributed by atoms with E-state index in [0.29, 0.717) is 0 Å². The van der Waals surface area contributed by atoms with Gasteiger partial charge in [-0.2, -0.15) is 10.5 Å². The largest absolute Gasteiger partial charge is 0.456 e. The molecule has 0 spiro atoms. The van der Waals surface area contributed by atoms with Crippen LogP contribution in [-0.2, 0) is 4.74 Å². The second-order valence-corrected chi connectivity index (χ2v) is 5.32. The Labute approximate surface area is 146 Å². The van der Waals surface area contributed by atoms with Gasteiger partial charge in [0, 0.05) is 11.1 Å². The van der Waals surface area contributed by atoms with E-state index < -0.39 is 0 Å². The van der Waals surface area contributed by atoms with E-state index in [-0.39, 0.29) is 5.57 Å². The van der Waals surface area contributed by atoms with Gasteiger partial charge in [0.25, 0.3) is 0 Å². The minimum atomic E-state index is 0.0586. The molecule has 0 amide bonds. The average molecular weight is 322 g/mol. The van der Waals surface area contributed by atoms with Crippen LogP contribution >= 0.6 is 0 Å². The Hall–Kier alpha value is -3.82. The molecule has 0 unspecified atom stereocenters. The van der Waals surface area contributed by atoms with Crippen molar-refractivity contribution in [3.05, 3.63) is 107 Å². The van der Waals surface area contributed by atoms with E-state index >= 15 is 0 Å². The Morgan fingerprint density at radius 2 is 1.24 bits per heavy atom. The molecule has 0 bridgehead atoms. The normalized spacial score (nSPS) is 12.6. The van der Waals surface area contributed by atoms with Crippen LogP contribution in [0.25, 0.3) is 11.5 Å². The lowest BCUT2D eigenvalue weighted by Crippen LogP contribution is -1.99. The molecule has 0 radical (unpaired) electrons. The summed E-state index contributed by atoms with van der Waals surface area (Å²) in [6.07, 6.45) is 7.05. The first-order valence-electron chi connectivity index (χ1n) is 7.74. The van der Waals surface area contributed by atoms with Crippen LogP contribution in [0.15, 0.2) is 96.1 Å². The van der Waals surface area contributed by atoms with Crippen LogP contribution < -0.4 is 0 Å². The first-order chi connectivity index (χ1) is 12.3. The summed E-state index contributed by atoms with van der Waals surface area (Å²) in [6.45, 7) is 0. The third-order valence-electron chi connectivity index (χ3n) is 3.62. The predicted octanol–water partition coefficient (Wildman–Crippen LogP) is 5.00. The van der Waals surface area contributed by atoms with Crippen molar-refractivity contribution in [1.82, 2.24) is 0 Å². The van der Waals surface area contributed by atoms with Gasteiger partial charge in [-0.1, -0.05) is 66.7 Å². The maximum Gasteiger partial charge on any atom is 0.135 e. The van der Waals surface area contributed by atoms with Gasteiger partial charge in [0.1, 0.15) is 29.2 Å². The van der Waals surface area contributed by atoms with Crippen LogP contribution in [0.5, 0.6) is 0 Å². The fraction of sp³-hybridized carbons (Fsp3) is 0. The molecular formula is C22H14N2O. The summed E-state index contributed by atoms with van der Waals surface area (Å²) < 4.78 is 6.08. The summed E-state index contributed by atoms with van der Waals surface area (Å²) in [5, 5.41) is 17.8. The lowest BCUT2D eigenvalue weighted by atomic mass is 10.0. The maximum atomic E-state index is 8.89. The van der Waals surface area contributed by atoms with Crippen molar-refractivity contribution in [2.75, 3.05) is 0 Å². The Balaban J connectivity index is 2.05. The molecule has 2 aromatic carbocycles. The minimum Gasteiger partial charge on any atom is -0.456 e. The molecule has 1 aliphatic rings. The highest BCUT2D eigenvalue weighted by molar-refractivity contribution is 5.77. The van der Waals surface area contributed by atoms with Crippen LogP contribution in [0.3, 0.4) is 0 Å². The van der Waals surface area contributed by atoms with Crippen LogP contribution in [-0.4, -0.2) is 0 Å². The smallest absolute Gasteiger partial charge is 0.135 e. The number of allylic oxidation sites excluding steroid dienone is 6. The Kier molecular flexibility index (Phi) is 4.90. The monoisotopic (exact) mass is 322 g/mol. The molecule has 1 aliphatic heterocycles. The Morgan fingerprint density at radius 1 is 0.760 bits per heavy atom. The second-order valence-electron chi connectivity index (χ2n) is 5.32. The molecule has 1 heterocycles. The predicted molar refractivity (Wildman–Crippen MR) is 97.3 cm³/mol. The first-order valence-corrected chi connectivity index (χ1v) is 7.74. The lowest BCUT2D eigenvalue weighted by molar-refractivity contribution is 0.467. The van der Waals surface area contributed by atoms with Crippen molar-refractivity contribution >= 4 is 11.5 Å². The van der Waals surface area contributed by atoms with E-state index in [1.807, 2.05) is 85.0 Å². The second kappa shape index (κ2) is 7.64. The SMILES string of the molecule is N#CC(C#N)=CC=C1C=C(c2ccccc2)OC(c2ccccc2)=C1. The molecule has 118 valence electrons. The first kappa shape index (κ1) is 16.1. The molecule has 3 heteroatoms. The number of nitriles is 2. The number of nitrogens with zero attached hydrogens (tertiary/aromatic N) is 2. The number of benzene rings is 2. The standard InChI is InChI=1S/C22H14N2O/c23-15-18(16-24)12-11-17-13-21(19-7-3-1-4-8-19)25-22(14-17)20-9-5-2-6-10-20/h1-14H. The number of hydrogen-bond donors (Lipinski definition) is 0. The topological polar surface area (TPSA) is 56.8 Å². The molecule has 2 aromatic rings. The summed E-state index contributed by atoms with van der Waals surface area (Å²) in [4.78, 5) is 0. The van der Waals surface area contributed by atoms with Crippen molar-refractivity contribution in [2.45, 2.75) is 0 Å². The molecule has 0 saturated heterocycles. The fourth-order valence-corrected chi connectivity index (χ4v) is 2.39. The molecule has 0 atom stereocenters. The highest BCUT2D eigenvalue weighted by Gasteiger charge is 2.14. The zero-order valence-corrected chi connectivity index (χ0v) is 13.4. The van der Waals surface area contributed by atoms with Crippen molar-refractivity contribution < 1.29 is 4.74 Å². The third-order valence-corrected chi connectivity index (χ3v) is 3.62. The zero-order chi connectivity index (χ0) is 17.5. The van der Waals surface area contributed by atoms with Gasteiger partial charge in [-0.25, -0.2) is 0 Å². The van der Waals surface area contributed by atoms with Crippen molar-refractivity contribution in [3.63, 3.8) is 0 Å². The van der Waals surface area contributed by atoms with E-state index in [9.17, 15) is 0 Å². The van der Waals surface area contributed by atoms with E-state index in [1.54, 1.807) is 6.08 Å². The van der Waals surface area contributed by atoms with E-state index in [0.717, 1.165) is 28.2 Å². The van der Waals surface area contributed by atoms with Crippen molar-refractivity contribution in [3.8, 4) is 12.1 Å². The molecule has 25 heavy (non-hydrogen) atoms. The summed E-state index contributed by atoms with van der Waals surface area (Å²) in [7, 11) is 0. The van der Waals surface area contributed by atoms with Gasteiger partial charge in [-0.3, -0.25) is 0 Å². The van der Waals surface area contributed by atoms with Crippen molar-refractivity contribution in [2.24, 2.45) is 0 Å². The maximum absolute atomic E-state index is 8.89. The van der Waals surface area contributed by atoms with Crippen LogP contribution in [0, 0.1) is 22.7 Å². The summed E-state index contributed by atoms with van der Waals surface area (Å²) in [5.41, 5.74) is 2.83. The number of hydrogen-bond acceptors (Lipinski definition) is 3. The summed E-state index contributed by atoms with van der Waals surface area (Å²) >= 11 is 0. The van der Waals surface area contributed by atoms with Gasteiger partial charge in [-0.05, 0) is 23.8 Å². The zero-order valence-electron chi connectivity index (χ0n) is 13.4. The van der Waals surface area contributed by atoms with Gasteiger partial charge in [0.2, 0.25) is 0 Å². The molecule has 3 rings (SSSR count). The summed E-state index contributed by atoms with van der Waals surface area (Å²) in [5.74, 6) is 1.44. The van der Waals surface area contributed by atoms with Gasteiger partial charge in [0.15, 0.2) is 0 Å². The molecular weight excluding hydrogens is 308 g/mol. The third kappa shape index (κ3) is 3.93. The van der Waals surface area contributed by atoms with E-state index in [1.165, 1.54) is 6.08 Å². The van der Waals surface area contributed by atoms with Crippen LogP contribution in [0.1, 0.15) is 11.1 Å². The number of rotatable bonds is 3. The number of ether oxygens (including phenoxy) is 1.